The van der Waals surface area contributed by atoms with Crippen LogP contribution in [0.15, 0.2) is 29.3 Å². The number of ether oxygens (including phenoxy) is 1. The van der Waals surface area contributed by atoms with Gasteiger partial charge in [0.2, 0.25) is 0 Å². The minimum atomic E-state index is -4.18. The van der Waals surface area contributed by atoms with Gasteiger partial charge in [-0.25, -0.2) is 4.79 Å². The minimum absolute atomic E-state index is 0. The third kappa shape index (κ3) is 8.21. The molecular formula is C18H26F3IN4O2. The summed E-state index contributed by atoms with van der Waals surface area (Å²) in [7, 11) is 1.61. The maximum atomic E-state index is 12.5. The lowest BCUT2D eigenvalue weighted by molar-refractivity contribution is -0.143. The Morgan fingerprint density at radius 1 is 1.32 bits per heavy atom. The van der Waals surface area contributed by atoms with Crippen LogP contribution in [0.4, 0.5) is 13.2 Å². The number of likely N-dealkylation sites (tertiary alicyclic amines) is 1. The highest BCUT2D eigenvalue weighted by molar-refractivity contribution is 14.0. The molecular weight excluding hydrogens is 488 g/mol. The van der Waals surface area contributed by atoms with Crippen LogP contribution in [0.25, 0.3) is 0 Å². The van der Waals surface area contributed by atoms with Gasteiger partial charge in [0.1, 0.15) is 0 Å². The number of nitrogens with one attached hydrogen (secondary N) is 2. The third-order valence-corrected chi connectivity index (χ3v) is 4.16. The highest BCUT2D eigenvalue weighted by Crippen LogP contribution is 2.19. The van der Waals surface area contributed by atoms with Crippen molar-refractivity contribution in [3.63, 3.8) is 0 Å². The van der Waals surface area contributed by atoms with Crippen molar-refractivity contribution in [2.75, 3.05) is 33.3 Å². The van der Waals surface area contributed by atoms with Gasteiger partial charge in [-0.3, -0.25) is 9.89 Å². The first-order chi connectivity index (χ1) is 12.8. The molecule has 0 radical (unpaired) electrons. The average molecular weight is 514 g/mol. The molecule has 0 spiro atoms. The van der Waals surface area contributed by atoms with E-state index in [2.05, 4.69) is 15.6 Å². The van der Waals surface area contributed by atoms with Crippen molar-refractivity contribution < 1.29 is 22.7 Å². The van der Waals surface area contributed by atoms with Gasteiger partial charge in [-0.2, -0.15) is 13.2 Å². The third-order valence-electron chi connectivity index (χ3n) is 4.16. The van der Waals surface area contributed by atoms with Crippen LogP contribution in [-0.4, -0.2) is 62.3 Å². The monoisotopic (exact) mass is 514 g/mol. The van der Waals surface area contributed by atoms with E-state index in [9.17, 15) is 18.0 Å². The zero-order valence-corrected chi connectivity index (χ0v) is 18.2. The molecule has 1 aliphatic rings. The van der Waals surface area contributed by atoms with Crippen LogP contribution < -0.4 is 10.6 Å². The van der Waals surface area contributed by atoms with Crippen molar-refractivity contribution in [1.82, 2.24) is 15.5 Å². The predicted molar refractivity (Wildman–Crippen MR) is 112 cm³/mol. The van der Waals surface area contributed by atoms with Crippen molar-refractivity contribution in [2.45, 2.75) is 32.1 Å². The van der Waals surface area contributed by atoms with Crippen molar-refractivity contribution in [3.05, 3.63) is 35.4 Å². The van der Waals surface area contributed by atoms with Gasteiger partial charge < -0.3 is 15.4 Å². The summed E-state index contributed by atoms with van der Waals surface area (Å²) in [4.78, 5) is 17.1. The van der Waals surface area contributed by atoms with Gasteiger partial charge in [-0.15, -0.1) is 24.0 Å². The normalized spacial score (nSPS) is 17.8. The fourth-order valence-electron chi connectivity index (χ4n) is 2.89. The molecule has 1 aliphatic heterocycles. The maximum absolute atomic E-state index is 12.5. The van der Waals surface area contributed by atoms with Crippen LogP contribution in [0.2, 0.25) is 0 Å². The Kier molecular flexibility index (Phi) is 10.0. The number of hydrogen-bond acceptors (Lipinski definition) is 4. The first-order valence-corrected chi connectivity index (χ1v) is 8.83. The lowest BCUT2D eigenvalue weighted by Gasteiger charge is -2.19. The molecule has 1 aromatic rings. The largest absolute Gasteiger partial charge is 0.462 e. The quantitative estimate of drug-likeness (QED) is 0.265. The van der Waals surface area contributed by atoms with Crippen LogP contribution in [0.5, 0.6) is 0 Å². The predicted octanol–water partition coefficient (Wildman–Crippen LogP) is 2.78. The molecule has 0 aromatic heterocycles. The Morgan fingerprint density at radius 3 is 2.57 bits per heavy atom. The molecule has 28 heavy (non-hydrogen) atoms. The second-order valence-corrected chi connectivity index (χ2v) is 6.32. The smallest absolute Gasteiger partial charge is 0.401 e. The summed E-state index contributed by atoms with van der Waals surface area (Å²) in [6, 6.07) is 6.93. The van der Waals surface area contributed by atoms with E-state index < -0.39 is 12.7 Å². The molecule has 6 nitrogen and oxygen atoms in total. The van der Waals surface area contributed by atoms with Crippen LogP contribution in [-0.2, 0) is 11.3 Å². The summed E-state index contributed by atoms with van der Waals surface area (Å²) in [5.41, 5.74) is 1.43. The lowest BCUT2D eigenvalue weighted by Crippen LogP contribution is -2.44. The number of aliphatic imine (C=N–C) groups is 1. The number of esters is 1. The highest BCUT2D eigenvalue weighted by Gasteiger charge is 2.34. The first-order valence-electron chi connectivity index (χ1n) is 8.83. The zero-order chi connectivity index (χ0) is 19.9. The number of carbonyl (C=O) groups is 1. The van der Waals surface area contributed by atoms with Crippen molar-refractivity contribution >= 4 is 35.9 Å². The number of alkyl halides is 3. The molecule has 1 saturated heterocycles. The van der Waals surface area contributed by atoms with E-state index in [4.69, 9.17) is 4.74 Å². The Hall–Kier alpha value is -1.56. The standard InChI is InChI=1S/C18H25F3N4O2.HI/c1-3-27-16(26)14-6-4-13(5-7-14)10-23-17(22-2)24-15-8-9-25(11-15)12-18(19,20)21;/h4-7,15H,3,8-12H2,1-2H3,(H2,22,23,24);1H. The molecule has 1 unspecified atom stereocenters. The number of guanidine groups is 1. The molecule has 0 saturated carbocycles. The summed E-state index contributed by atoms with van der Waals surface area (Å²) in [5, 5.41) is 6.29. The second-order valence-electron chi connectivity index (χ2n) is 6.32. The summed E-state index contributed by atoms with van der Waals surface area (Å²) < 4.78 is 42.3. The van der Waals surface area contributed by atoms with Crippen molar-refractivity contribution in [3.8, 4) is 0 Å². The topological polar surface area (TPSA) is 66.0 Å². The first kappa shape index (κ1) is 24.5. The van der Waals surface area contributed by atoms with Crippen molar-refractivity contribution in [2.24, 2.45) is 4.99 Å². The molecule has 2 rings (SSSR count). The van der Waals surface area contributed by atoms with E-state index in [0.29, 0.717) is 44.2 Å². The molecule has 10 heteroatoms. The van der Waals surface area contributed by atoms with Gasteiger partial charge in [0.05, 0.1) is 18.7 Å². The SMILES string of the molecule is CCOC(=O)c1ccc(CNC(=NC)NC2CCN(CC(F)(F)F)C2)cc1.I. The van der Waals surface area contributed by atoms with Gasteiger partial charge in [0.15, 0.2) is 5.96 Å². The van der Waals surface area contributed by atoms with Crippen LogP contribution in [0, 0.1) is 0 Å². The minimum Gasteiger partial charge on any atom is -0.462 e. The van der Waals surface area contributed by atoms with Crippen LogP contribution in [0.3, 0.4) is 0 Å². The van der Waals surface area contributed by atoms with Crippen LogP contribution >= 0.6 is 24.0 Å². The number of nitrogens with zero attached hydrogens (tertiary/aromatic N) is 2. The van der Waals surface area contributed by atoms with Gasteiger partial charge >= 0.3 is 12.1 Å². The molecule has 1 fully saturated rings. The van der Waals surface area contributed by atoms with E-state index in [0.717, 1.165) is 5.56 Å². The van der Waals surface area contributed by atoms with Gasteiger partial charge in [0, 0.05) is 32.7 Å². The number of benzene rings is 1. The maximum Gasteiger partial charge on any atom is 0.401 e. The van der Waals surface area contributed by atoms with Crippen LogP contribution in [0.1, 0.15) is 29.3 Å². The van der Waals surface area contributed by atoms with Crippen molar-refractivity contribution in [1.29, 1.82) is 0 Å². The number of carbonyl (C=O) groups excluding carboxylic acids is 1. The molecule has 1 heterocycles. The summed E-state index contributed by atoms with van der Waals surface area (Å²) in [6.07, 6.45) is -3.55. The second kappa shape index (κ2) is 11.4. The fourth-order valence-corrected chi connectivity index (χ4v) is 2.89. The number of hydrogen-bond donors (Lipinski definition) is 2. The van der Waals surface area contributed by atoms with E-state index in [1.165, 1.54) is 4.90 Å². The highest BCUT2D eigenvalue weighted by atomic mass is 127. The van der Waals surface area contributed by atoms with E-state index in [-0.39, 0.29) is 36.0 Å². The molecule has 0 aliphatic carbocycles. The Balaban J connectivity index is 0.00000392. The van der Waals surface area contributed by atoms with Gasteiger partial charge in [-0.1, -0.05) is 12.1 Å². The summed E-state index contributed by atoms with van der Waals surface area (Å²) >= 11 is 0. The van der Waals surface area contributed by atoms with Gasteiger partial charge in [0.25, 0.3) is 0 Å². The molecule has 0 bridgehead atoms. The zero-order valence-electron chi connectivity index (χ0n) is 15.9. The molecule has 2 N–H and O–H groups in total. The van der Waals surface area contributed by atoms with Gasteiger partial charge in [-0.05, 0) is 31.0 Å². The molecule has 158 valence electrons. The summed E-state index contributed by atoms with van der Waals surface area (Å²) in [6.45, 7) is 2.40. The lowest BCUT2D eigenvalue weighted by atomic mass is 10.1. The Labute approximate surface area is 179 Å². The van der Waals surface area contributed by atoms with E-state index >= 15 is 0 Å². The molecule has 0 amide bonds. The average Bonchev–Trinajstić information content (AvgIpc) is 3.04. The fraction of sp³-hybridized carbons (Fsp3) is 0.556. The summed E-state index contributed by atoms with van der Waals surface area (Å²) in [5.74, 6) is 0.169. The van der Waals surface area contributed by atoms with E-state index in [1.807, 2.05) is 12.1 Å². The Morgan fingerprint density at radius 2 is 2.00 bits per heavy atom. The molecule has 1 aromatic carbocycles. The number of rotatable bonds is 6. The number of halogens is 4. The van der Waals surface area contributed by atoms with E-state index in [1.54, 1.807) is 26.1 Å². The molecule has 1 atom stereocenters. The Bertz CT molecular complexity index is 653.